The zero-order valence-corrected chi connectivity index (χ0v) is 11.3. The molecule has 0 N–H and O–H groups in total. The third-order valence-electron chi connectivity index (χ3n) is 3.63. The summed E-state index contributed by atoms with van der Waals surface area (Å²) in [5.74, 6) is 1.08. The molecule has 0 spiro atoms. The molecule has 4 nitrogen and oxygen atoms in total. The Balaban J connectivity index is 2.04. The molecule has 0 radical (unpaired) electrons. The van der Waals surface area contributed by atoms with Crippen molar-refractivity contribution in [3.63, 3.8) is 0 Å². The number of nitriles is 1. The van der Waals surface area contributed by atoms with E-state index in [0.29, 0.717) is 0 Å². The molecule has 0 unspecified atom stereocenters. The van der Waals surface area contributed by atoms with Crippen LogP contribution in [0.25, 0.3) is 0 Å². The van der Waals surface area contributed by atoms with Crippen LogP contribution in [-0.2, 0) is 0 Å². The highest BCUT2D eigenvalue weighted by Gasteiger charge is 2.30. The van der Waals surface area contributed by atoms with Crippen LogP contribution in [0.3, 0.4) is 0 Å². The van der Waals surface area contributed by atoms with E-state index >= 15 is 0 Å². The van der Waals surface area contributed by atoms with Crippen molar-refractivity contribution in [3.8, 4) is 6.07 Å². The second kappa shape index (κ2) is 4.95. The highest BCUT2D eigenvalue weighted by molar-refractivity contribution is 5.46. The Labute approximate surface area is 109 Å². The maximum atomic E-state index is 9.16. The van der Waals surface area contributed by atoms with E-state index in [1.807, 2.05) is 26.1 Å². The van der Waals surface area contributed by atoms with Crippen LogP contribution in [0, 0.1) is 18.3 Å². The summed E-state index contributed by atoms with van der Waals surface area (Å²) < 4.78 is 0. The lowest BCUT2D eigenvalue weighted by Crippen LogP contribution is -2.54. The molecule has 4 heteroatoms. The molecular weight excluding hydrogens is 224 g/mol. The number of rotatable bonds is 2. The van der Waals surface area contributed by atoms with Gasteiger partial charge in [-0.2, -0.15) is 5.26 Å². The van der Waals surface area contributed by atoms with E-state index < -0.39 is 0 Å². The molecule has 0 amide bonds. The Morgan fingerprint density at radius 3 is 2.50 bits per heavy atom. The predicted molar refractivity (Wildman–Crippen MR) is 72.5 cm³/mol. The minimum absolute atomic E-state index is 0.370. The van der Waals surface area contributed by atoms with Gasteiger partial charge in [-0.3, -0.25) is 4.90 Å². The average molecular weight is 244 g/mol. The Morgan fingerprint density at radius 2 is 1.94 bits per heavy atom. The number of aryl methyl sites for hydroxylation is 1. The molecule has 2 heterocycles. The fourth-order valence-electron chi connectivity index (χ4n) is 2.36. The Morgan fingerprint density at radius 1 is 1.28 bits per heavy atom. The number of piperazine rings is 1. The number of aromatic nitrogens is 1. The molecule has 1 aromatic rings. The molecule has 18 heavy (non-hydrogen) atoms. The van der Waals surface area contributed by atoms with E-state index in [1.165, 1.54) is 5.56 Å². The molecule has 2 rings (SSSR count). The van der Waals surface area contributed by atoms with Gasteiger partial charge in [0.15, 0.2) is 0 Å². The maximum absolute atomic E-state index is 9.16. The van der Waals surface area contributed by atoms with Crippen LogP contribution >= 0.6 is 0 Å². The van der Waals surface area contributed by atoms with Crippen molar-refractivity contribution in [2.24, 2.45) is 0 Å². The van der Waals surface area contributed by atoms with Crippen LogP contribution in [0.4, 0.5) is 5.82 Å². The van der Waals surface area contributed by atoms with Crippen LogP contribution < -0.4 is 4.90 Å². The molecule has 96 valence electrons. The first-order chi connectivity index (χ1) is 8.54. The molecule has 1 aromatic heterocycles. The Hall–Kier alpha value is -1.60. The van der Waals surface area contributed by atoms with Crippen molar-refractivity contribution in [3.05, 3.63) is 23.9 Å². The lowest BCUT2D eigenvalue weighted by Gasteiger charge is -2.41. The molecule has 0 aliphatic carbocycles. The molecule has 0 bridgehead atoms. The van der Waals surface area contributed by atoms with E-state index in [-0.39, 0.29) is 5.54 Å². The highest BCUT2D eigenvalue weighted by atomic mass is 15.3. The molecule has 1 fully saturated rings. The van der Waals surface area contributed by atoms with Gasteiger partial charge in [-0.1, -0.05) is 6.07 Å². The molecule has 1 aliphatic rings. The van der Waals surface area contributed by atoms with Crippen molar-refractivity contribution < 1.29 is 0 Å². The minimum Gasteiger partial charge on any atom is -0.354 e. The predicted octanol–water partition coefficient (Wildman–Crippen LogP) is 1.81. The van der Waals surface area contributed by atoms with Crippen LogP contribution in [0.1, 0.15) is 19.4 Å². The summed E-state index contributed by atoms with van der Waals surface area (Å²) in [7, 11) is 0. The van der Waals surface area contributed by atoms with Gasteiger partial charge in [0.2, 0.25) is 0 Å². The fraction of sp³-hybridized carbons (Fsp3) is 0.571. The normalized spacial score (nSPS) is 17.6. The standard InChI is InChI=1S/C14H20N4/c1-12-5-4-6-16-13(12)17-7-9-18(10-8-17)14(2,3)11-15/h4-6H,7-10H2,1-3H3. The number of nitrogens with zero attached hydrogens (tertiary/aromatic N) is 4. The first kappa shape index (κ1) is 12.8. The minimum atomic E-state index is -0.370. The number of pyridine rings is 1. The fourth-order valence-corrected chi connectivity index (χ4v) is 2.36. The maximum Gasteiger partial charge on any atom is 0.131 e. The number of hydrogen-bond donors (Lipinski definition) is 0. The van der Waals surface area contributed by atoms with Crippen molar-refractivity contribution in [1.29, 1.82) is 5.26 Å². The van der Waals surface area contributed by atoms with Gasteiger partial charge in [0.05, 0.1) is 6.07 Å². The van der Waals surface area contributed by atoms with E-state index in [0.717, 1.165) is 32.0 Å². The van der Waals surface area contributed by atoms with Gasteiger partial charge in [0.25, 0.3) is 0 Å². The zero-order chi connectivity index (χ0) is 13.2. The van der Waals surface area contributed by atoms with Gasteiger partial charge in [-0.25, -0.2) is 4.98 Å². The summed E-state index contributed by atoms with van der Waals surface area (Å²) in [5, 5.41) is 9.16. The van der Waals surface area contributed by atoms with E-state index in [9.17, 15) is 0 Å². The van der Waals surface area contributed by atoms with Crippen molar-refractivity contribution in [2.45, 2.75) is 26.3 Å². The summed E-state index contributed by atoms with van der Waals surface area (Å²) >= 11 is 0. The van der Waals surface area contributed by atoms with Crippen molar-refractivity contribution >= 4 is 5.82 Å². The van der Waals surface area contributed by atoms with Crippen molar-refractivity contribution in [1.82, 2.24) is 9.88 Å². The Bertz CT molecular complexity index is 453. The van der Waals surface area contributed by atoms with Crippen LogP contribution in [0.5, 0.6) is 0 Å². The second-order valence-electron chi connectivity index (χ2n) is 5.29. The third kappa shape index (κ3) is 2.46. The first-order valence-electron chi connectivity index (χ1n) is 6.37. The number of anilines is 1. The number of hydrogen-bond acceptors (Lipinski definition) is 4. The van der Waals surface area contributed by atoms with E-state index in [4.69, 9.17) is 5.26 Å². The SMILES string of the molecule is Cc1cccnc1N1CCN(C(C)(C)C#N)CC1. The van der Waals surface area contributed by atoms with Gasteiger partial charge in [0, 0.05) is 32.4 Å². The first-order valence-corrected chi connectivity index (χ1v) is 6.37. The smallest absolute Gasteiger partial charge is 0.131 e. The molecule has 1 saturated heterocycles. The largest absolute Gasteiger partial charge is 0.354 e. The molecule has 0 atom stereocenters. The van der Waals surface area contributed by atoms with Crippen LogP contribution in [0.15, 0.2) is 18.3 Å². The lowest BCUT2D eigenvalue weighted by molar-refractivity contribution is 0.157. The summed E-state index contributed by atoms with van der Waals surface area (Å²) in [6.07, 6.45) is 1.84. The highest BCUT2D eigenvalue weighted by Crippen LogP contribution is 2.21. The van der Waals surface area contributed by atoms with Crippen LogP contribution in [-0.4, -0.2) is 41.6 Å². The topological polar surface area (TPSA) is 43.2 Å². The summed E-state index contributed by atoms with van der Waals surface area (Å²) in [5.41, 5.74) is 0.844. The molecule has 0 saturated carbocycles. The molecule has 1 aliphatic heterocycles. The third-order valence-corrected chi connectivity index (χ3v) is 3.63. The van der Waals surface area contributed by atoms with Gasteiger partial charge >= 0.3 is 0 Å². The van der Waals surface area contributed by atoms with Gasteiger partial charge in [0.1, 0.15) is 11.4 Å². The van der Waals surface area contributed by atoms with E-state index in [1.54, 1.807) is 0 Å². The monoisotopic (exact) mass is 244 g/mol. The summed E-state index contributed by atoms with van der Waals surface area (Å²) in [4.78, 5) is 8.99. The second-order valence-corrected chi connectivity index (χ2v) is 5.29. The molecular formula is C14H20N4. The zero-order valence-electron chi connectivity index (χ0n) is 11.3. The Kier molecular flexibility index (Phi) is 3.53. The van der Waals surface area contributed by atoms with Crippen molar-refractivity contribution in [2.75, 3.05) is 31.1 Å². The van der Waals surface area contributed by atoms with Gasteiger partial charge in [-0.15, -0.1) is 0 Å². The quantitative estimate of drug-likeness (QED) is 0.796. The van der Waals surface area contributed by atoms with Gasteiger partial charge < -0.3 is 4.90 Å². The average Bonchev–Trinajstić information content (AvgIpc) is 2.39. The van der Waals surface area contributed by atoms with Crippen LogP contribution in [0.2, 0.25) is 0 Å². The van der Waals surface area contributed by atoms with Gasteiger partial charge in [-0.05, 0) is 32.4 Å². The lowest BCUT2D eigenvalue weighted by atomic mass is 10.0. The summed E-state index contributed by atoms with van der Waals surface area (Å²) in [6, 6.07) is 6.43. The molecule has 0 aromatic carbocycles. The van der Waals surface area contributed by atoms with E-state index in [2.05, 4.69) is 33.8 Å². The summed E-state index contributed by atoms with van der Waals surface area (Å²) in [6.45, 7) is 9.75.